The van der Waals surface area contributed by atoms with Gasteiger partial charge in [0.2, 0.25) is 0 Å². The van der Waals surface area contributed by atoms with Gasteiger partial charge in [-0.3, -0.25) is 0 Å². The lowest BCUT2D eigenvalue weighted by Gasteiger charge is -2.34. The lowest BCUT2D eigenvalue weighted by atomic mass is 9.86. The van der Waals surface area contributed by atoms with Crippen molar-refractivity contribution >= 4 is 12.1 Å². The average molecular weight is 289 g/mol. The summed E-state index contributed by atoms with van der Waals surface area (Å²) >= 11 is 0. The number of ether oxygens (including phenoxy) is 2. The SMILES string of the molecule is C=C[C@]1([C@@H](OC(=O)c2ccccc2)C(C)C)COC(=O)N1. The predicted molar refractivity (Wildman–Crippen MR) is 77.9 cm³/mol. The molecule has 0 aromatic heterocycles. The maximum absolute atomic E-state index is 12.2. The monoisotopic (exact) mass is 289 g/mol. The Hall–Kier alpha value is -2.30. The quantitative estimate of drug-likeness (QED) is 0.668. The minimum atomic E-state index is -0.893. The third-order valence-corrected chi connectivity index (χ3v) is 3.50. The molecule has 0 unspecified atom stereocenters. The Bertz CT molecular complexity index is 540. The zero-order chi connectivity index (χ0) is 15.5. The maximum Gasteiger partial charge on any atom is 0.408 e. The first-order valence-electron chi connectivity index (χ1n) is 6.83. The Kier molecular flexibility index (Phi) is 4.31. The Labute approximate surface area is 123 Å². The lowest BCUT2D eigenvalue weighted by molar-refractivity contribution is -0.00717. The molecule has 1 aliphatic heterocycles. The van der Waals surface area contributed by atoms with Crippen molar-refractivity contribution in [3.8, 4) is 0 Å². The normalized spacial score (nSPS) is 22.3. The molecule has 0 spiro atoms. The van der Waals surface area contributed by atoms with Gasteiger partial charge in [0.15, 0.2) is 0 Å². The van der Waals surface area contributed by atoms with E-state index in [4.69, 9.17) is 9.47 Å². The number of hydrogen-bond donors (Lipinski definition) is 1. The lowest BCUT2D eigenvalue weighted by Crippen LogP contribution is -2.55. The zero-order valence-corrected chi connectivity index (χ0v) is 12.2. The van der Waals surface area contributed by atoms with E-state index in [2.05, 4.69) is 11.9 Å². The van der Waals surface area contributed by atoms with Crippen LogP contribution in [0.15, 0.2) is 43.0 Å². The summed E-state index contributed by atoms with van der Waals surface area (Å²) in [5, 5.41) is 2.70. The van der Waals surface area contributed by atoms with E-state index in [0.717, 1.165) is 0 Å². The third kappa shape index (κ3) is 3.07. The van der Waals surface area contributed by atoms with Crippen molar-refractivity contribution in [3.63, 3.8) is 0 Å². The first-order valence-corrected chi connectivity index (χ1v) is 6.83. The molecule has 5 heteroatoms. The molecular formula is C16H19NO4. The Morgan fingerprint density at radius 3 is 2.57 bits per heavy atom. The maximum atomic E-state index is 12.2. The zero-order valence-electron chi connectivity index (χ0n) is 12.2. The van der Waals surface area contributed by atoms with Crippen LogP contribution in [0.2, 0.25) is 0 Å². The highest BCUT2D eigenvalue weighted by atomic mass is 16.6. The van der Waals surface area contributed by atoms with Crippen molar-refractivity contribution in [1.82, 2.24) is 5.32 Å². The first kappa shape index (κ1) is 15.1. The van der Waals surface area contributed by atoms with Gasteiger partial charge < -0.3 is 14.8 Å². The molecule has 0 saturated carbocycles. The molecule has 21 heavy (non-hydrogen) atoms. The number of rotatable bonds is 5. The molecule has 5 nitrogen and oxygen atoms in total. The smallest absolute Gasteiger partial charge is 0.408 e. The van der Waals surface area contributed by atoms with Gasteiger partial charge in [0, 0.05) is 0 Å². The highest BCUT2D eigenvalue weighted by Gasteiger charge is 2.47. The Morgan fingerprint density at radius 2 is 2.10 bits per heavy atom. The fourth-order valence-corrected chi connectivity index (χ4v) is 2.42. The third-order valence-electron chi connectivity index (χ3n) is 3.50. The van der Waals surface area contributed by atoms with E-state index in [1.165, 1.54) is 0 Å². The topological polar surface area (TPSA) is 64.6 Å². The molecule has 1 heterocycles. The van der Waals surface area contributed by atoms with Crippen molar-refractivity contribution in [2.24, 2.45) is 5.92 Å². The standard InChI is InChI=1S/C16H19NO4/c1-4-16(10-20-15(19)17-16)13(11(2)3)21-14(18)12-8-6-5-7-9-12/h4-9,11,13H,1,10H2,2-3H3,(H,17,19)/t13-,16+/m0/s1. The van der Waals surface area contributed by atoms with Crippen molar-refractivity contribution in [2.45, 2.75) is 25.5 Å². The second kappa shape index (κ2) is 5.99. The summed E-state index contributed by atoms with van der Waals surface area (Å²) in [4.78, 5) is 23.6. The number of cyclic esters (lactones) is 1. The fraction of sp³-hybridized carbons (Fsp3) is 0.375. The molecule has 2 atom stereocenters. The summed E-state index contributed by atoms with van der Waals surface area (Å²) in [7, 11) is 0. The van der Waals surface area contributed by atoms with E-state index in [0.29, 0.717) is 5.56 Å². The van der Waals surface area contributed by atoms with Crippen LogP contribution in [-0.4, -0.2) is 30.3 Å². The van der Waals surface area contributed by atoms with Crippen LogP contribution in [0.25, 0.3) is 0 Å². The molecule has 1 amide bonds. The van der Waals surface area contributed by atoms with Gasteiger partial charge in [-0.2, -0.15) is 0 Å². The fourth-order valence-electron chi connectivity index (χ4n) is 2.42. The van der Waals surface area contributed by atoms with Crippen LogP contribution in [0.5, 0.6) is 0 Å². The van der Waals surface area contributed by atoms with Crippen LogP contribution in [0, 0.1) is 5.92 Å². The number of hydrogen-bond acceptors (Lipinski definition) is 4. The van der Waals surface area contributed by atoms with Crippen molar-refractivity contribution in [3.05, 3.63) is 48.6 Å². The second-order valence-corrected chi connectivity index (χ2v) is 5.38. The molecule has 1 aromatic rings. The molecule has 1 aromatic carbocycles. The number of benzene rings is 1. The van der Waals surface area contributed by atoms with Gasteiger partial charge >= 0.3 is 12.1 Å². The summed E-state index contributed by atoms with van der Waals surface area (Å²) in [5.74, 6) is -0.450. The molecule has 0 radical (unpaired) electrons. The number of alkyl carbamates (subject to hydrolysis) is 1. The van der Waals surface area contributed by atoms with E-state index in [-0.39, 0.29) is 12.5 Å². The van der Waals surface area contributed by atoms with E-state index in [9.17, 15) is 9.59 Å². The number of nitrogens with one attached hydrogen (secondary N) is 1. The average Bonchev–Trinajstić information content (AvgIpc) is 2.87. The van der Waals surface area contributed by atoms with E-state index in [1.807, 2.05) is 19.9 Å². The molecule has 0 bridgehead atoms. The number of carbonyl (C=O) groups is 2. The summed E-state index contributed by atoms with van der Waals surface area (Å²) in [6, 6.07) is 8.73. The molecule has 2 rings (SSSR count). The van der Waals surface area contributed by atoms with Gasteiger partial charge in [0.1, 0.15) is 18.2 Å². The number of esters is 1. The van der Waals surface area contributed by atoms with Crippen LogP contribution in [0.1, 0.15) is 24.2 Å². The van der Waals surface area contributed by atoms with Gasteiger partial charge in [0.25, 0.3) is 0 Å². The van der Waals surface area contributed by atoms with Crippen molar-refractivity contribution < 1.29 is 19.1 Å². The molecule has 1 fully saturated rings. The van der Waals surface area contributed by atoms with Gasteiger partial charge in [-0.25, -0.2) is 9.59 Å². The molecule has 112 valence electrons. The van der Waals surface area contributed by atoms with Crippen molar-refractivity contribution in [1.29, 1.82) is 0 Å². The van der Waals surface area contributed by atoms with Crippen LogP contribution >= 0.6 is 0 Å². The summed E-state index contributed by atoms with van der Waals surface area (Å²) in [6.07, 6.45) is 0.478. The van der Waals surface area contributed by atoms with Crippen LogP contribution in [0.3, 0.4) is 0 Å². The van der Waals surface area contributed by atoms with E-state index >= 15 is 0 Å². The van der Waals surface area contributed by atoms with Crippen LogP contribution < -0.4 is 5.32 Å². The molecule has 1 N–H and O–H groups in total. The van der Waals surface area contributed by atoms with E-state index < -0.39 is 23.7 Å². The Morgan fingerprint density at radius 1 is 1.43 bits per heavy atom. The highest BCUT2D eigenvalue weighted by Crippen LogP contribution is 2.27. The second-order valence-electron chi connectivity index (χ2n) is 5.38. The van der Waals surface area contributed by atoms with Crippen LogP contribution in [0.4, 0.5) is 4.79 Å². The summed E-state index contributed by atoms with van der Waals surface area (Å²) in [6.45, 7) is 7.67. The molecule has 1 saturated heterocycles. The minimum absolute atomic E-state index is 0.0161. The molecule has 1 aliphatic rings. The first-order chi connectivity index (χ1) is 9.98. The number of amides is 1. The van der Waals surface area contributed by atoms with Crippen molar-refractivity contribution in [2.75, 3.05) is 6.61 Å². The summed E-state index contributed by atoms with van der Waals surface area (Å²) in [5.41, 5.74) is -0.428. The number of carbonyl (C=O) groups excluding carboxylic acids is 2. The van der Waals surface area contributed by atoms with Gasteiger partial charge in [0.05, 0.1) is 5.56 Å². The van der Waals surface area contributed by atoms with Gasteiger partial charge in [-0.15, -0.1) is 6.58 Å². The molecular weight excluding hydrogens is 270 g/mol. The Balaban J connectivity index is 2.22. The van der Waals surface area contributed by atoms with Gasteiger partial charge in [-0.1, -0.05) is 38.1 Å². The van der Waals surface area contributed by atoms with E-state index in [1.54, 1.807) is 30.3 Å². The minimum Gasteiger partial charge on any atom is -0.456 e. The largest absolute Gasteiger partial charge is 0.456 e. The molecule has 0 aliphatic carbocycles. The highest BCUT2D eigenvalue weighted by molar-refractivity contribution is 5.89. The summed E-state index contributed by atoms with van der Waals surface area (Å²) < 4.78 is 10.6. The van der Waals surface area contributed by atoms with Gasteiger partial charge in [-0.05, 0) is 18.1 Å². The predicted octanol–water partition coefficient (Wildman–Crippen LogP) is 2.53. The van der Waals surface area contributed by atoms with Crippen LogP contribution in [-0.2, 0) is 9.47 Å².